The molecule has 1 aliphatic rings. The number of hydrogen-bond acceptors (Lipinski definition) is 5. The van der Waals surface area contributed by atoms with Crippen molar-refractivity contribution in [1.82, 2.24) is 4.98 Å². The molecule has 0 atom stereocenters. The number of rotatable bonds is 5. The van der Waals surface area contributed by atoms with Crippen LogP contribution in [0.1, 0.15) is 37.1 Å². The van der Waals surface area contributed by atoms with Gasteiger partial charge in [0, 0.05) is 35.5 Å². The fourth-order valence-corrected chi connectivity index (χ4v) is 3.44. The van der Waals surface area contributed by atoms with Crippen molar-refractivity contribution in [2.45, 2.75) is 33.2 Å². The molecule has 0 bridgehead atoms. The number of nitrogens with one attached hydrogen (secondary N) is 1. The molecule has 2 aromatic rings. The summed E-state index contributed by atoms with van der Waals surface area (Å²) in [5.41, 5.74) is 3.95. The Kier molecular flexibility index (Phi) is 5.26. The summed E-state index contributed by atoms with van der Waals surface area (Å²) in [5.74, 6) is 0.628. The minimum atomic E-state index is 0.0419. The predicted molar refractivity (Wildman–Crippen MR) is 105 cm³/mol. The molecule has 140 valence electrons. The maximum Gasteiger partial charge on any atom is 0.227 e. The second-order valence-corrected chi connectivity index (χ2v) is 6.57. The van der Waals surface area contributed by atoms with Crippen LogP contribution >= 0.6 is 0 Å². The smallest absolute Gasteiger partial charge is 0.227 e. The number of aromatic nitrogens is 1. The zero-order chi connectivity index (χ0) is 19.6. The lowest BCUT2D eigenvalue weighted by atomic mass is 9.92. The van der Waals surface area contributed by atoms with Gasteiger partial charge >= 0.3 is 0 Å². The average molecular weight is 365 g/mol. The molecule has 0 saturated heterocycles. The number of allylic oxidation sites excluding steroid dienone is 2. The highest BCUT2D eigenvalue weighted by atomic mass is 16.5. The number of anilines is 1. The van der Waals surface area contributed by atoms with Gasteiger partial charge in [-0.25, -0.2) is 0 Å². The highest BCUT2D eigenvalue weighted by Gasteiger charge is 2.27. The van der Waals surface area contributed by atoms with Gasteiger partial charge in [0.25, 0.3) is 0 Å². The Bertz CT molecular complexity index is 916. The van der Waals surface area contributed by atoms with E-state index in [1.165, 1.54) is 0 Å². The van der Waals surface area contributed by atoms with Crippen molar-refractivity contribution in [2.24, 2.45) is 0 Å². The first-order valence-corrected chi connectivity index (χ1v) is 8.79. The van der Waals surface area contributed by atoms with Crippen LogP contribution in [-0.2, 0) is 17.8 Å². The molecule has 6 nitrogen and oxygen atoms in total. The molecular formula is C21H23N3O3. The zero-order valence-electron chi connectivity index (χ0n) is 15.7. The molecule has 0 saturated carbocycles. The van der Waals surface area contributed by atoms with Gasteiger partial charge in [0.05, 0.1) is 30.8 Å². The molecule has 0 aliphatic carbocycles. The number of ether oxygens (including phenoxy) is 1. The summed E-state index contributed by atoms with van der Waals surface area (Å²) in [6.45, 7) is 3.58. The number of aryl methyl sites for hydroxylation is 1. The van der Waals surface area contributed by atoms with Crippen molar-refractivity contribution in [3.63, 3.8) is 0 Å². The van der Waals surface area contributed by atoms with Crippen LogP contribution in [0.2, 0.25) is 0 Å². The van der Waals surface area contributed by atoms with Crippen LogP contribution in [0.25, 0.3) is 5.57 Å². The van der Waals surface area contributed by atoms with Gasteiger partial charge in [0.2, 0.25) is 5.91 Å². The number of aliphatic hydroxyl groups excluding tert-OH is 1. The molecule has 1 aliphatic heterocycles. The van der Waals surface area contributed by atoms with E-state index >= 15 is 0 Å². The van der Waals surface area contributed by atoms with E-state index in [0.717, 1.165) is 16.9 Å². The first kappa shape index (κ1) is 18.6. The van der Waals surface area contributed by atoms with Crippen LogP contribution in [0.4, 0.5) is 5.69 Å². The van der Waals surface area contributed by atoms with Crippen molar-refractivity contribution in [2.75, 3.05) is 12.0 Å². The van der Waals surface area contributed by atoms with E-state index in [0.29, 0.717) is 36.3 Å². The number of nitrogens with zero attached hydrogens (tertiary/aromatic N) is 2. The topological polar surface area (TPSA) is 86.5 Å². The molecule has 27 heavy (non-hydrogen) atoms. The van der Waals surface area contributed by atoms with Crippen LogP contribution in [-0.4, -0.2) is 28.8 Å². The Balaban J connectivity index is 2.10. The van der Waals surface area contributed by atoms with E-state index in [-0.39, 0.29) is 17.4 Å². The lowest BCUT2D eigenvalue weighted by molar-refractivity contribution is -0.119. The number of fused-ring (bicyclic) bond motifs is 1. The molecule has 0 radical (unpaired) electrons. The largest absolute Gasteiger partial charge is 0.512 e. The van der Waals surface area contributed by atoms with Gasteiger partial charge in [-0.05, 0) is 44.0 Å². The Morgan fingerprint density at radius 3 is 2.67 bits per heavy atom. The number of hydrogen-bond donors (Lipinski definition) is 2. The number of pyridine rings is 1. The lowest BCUT2D eigenvalue weighted by Crippen LogP contribution is -2.35. The molecular weight excluding hydrogens is 342 g/mol. The maximum absolute atomic E-state index is 12.6. The number of amides is 1. The summed E-state index contributed by atoms with van der Waals surface area (Å²) in [4.78, 5) is 18.6. The molecule has 2 heterocycles. The highest BCUT2D eigenvalue weighted by molar-refractivity contribution is 6.22. The van der Waals surface area contributed by atoms with E-state index in [1.807, 2.05) is 30.3 Å². The normalized spacial score (nSPS) is 14.5. The standard InChI is InChI=1S/C21H23N3O3/c1-13(22)21(14(2)25)17-10-15-7-8-20(26)24(18(15)11-19(17)27-3)12-16-6-4-5-9-23-16/h4-6,9-11,22,25H,7-8,12H2,1-3H3/b21-14+,22-13?. The Morgan fingerprint density at radius 1 is 1.30 bits per heavy atom. The monoisotopic (exact) mass is 365 g/mol. The van der Waals surface area contributed by atoms with E-state index in [4.69, 9.17) is 10.1 Å². The molecule has 1 aromatic carbocycles. The summed E-state index contributed by atoms with van der Waals surface area (Å²) in [6, 6.07) is 9.36. The summed E-state index contributed by atoms with van der Waals surface area (Å²) in [5, 5.41) is 18.1. The summed E-state index contributed by atoms with van der Waals surface area (Å²) >= 11 is 0. The number of carbonyl (C=O) groups excluding carboxylic acids is 1. The van der Waals surface area contributed by atoms with Crippen molar-refractivity contribution in [3.8, 4) is 5.75 Å². The van der Waals surface area contributed by atoms with E-state index in [1.54, 1.807) is 32.1 Å². The van der Waals surface area contributed by atoms with E-state index in [9.17, 15) is 9.90 Å². The van der Waals surface area contributed by atoms with Crippen LogP contribution in [0.15, 0.2) is 42.3 Å². The molecule has 0 spiro atoms. The fourth-order valence-electron chi connectivity index (χ4n) is 3.44. The summed E-state index contributed by atoms with van der Waals surface area (Å²) < 4.78 is 5.53. The molecule has 1 aromatic heterocycles. The zero-order valence-corrected chi connectivity index (χ0v) is 15.7. The van der Waals surface area contributed by atoms with Crippen molar-refractivity contribution >= 4 is 22.9 Å². The third kappa shape index (κ3) is 3.69. The van der Waals surface area contributed by atoms with Gasteiger partial charge in [-0.3, -0.25) is 9.78 Å². The van der Waals surface area contributed by atoms with E-state index < -0.39 is 0 Å². The third-order valence-electron chi connectivity index (χ3n) is 4.65. The van der Waals surface area contributed by atoms with E-state index in [2.05, 4.69) is 4.98 Å². The maximum atomic E-state index is 12.6. The molecule has 2 N–H and O–H groups in total. The second kappa shape index (κ2) is 7.61. The molecule has 1 amide bonds. The summed E-state index contributed by atoms with van der Waals surface area (Å²) in [7, 11) is 1.54. The van der Waals surface area contributed by atoms with Gasteiger partial charge in [0.15, 0.2) is 0 Å². The average Bonchev–Trinajstić information content (AvgIpc) is 2.64. The first-order valence-electron chi connectivity index (χ1n) is 8.79. The van der Waals surface area contributed by atoms with Crippen LogP contribution in [0.3, 0.4) is 0 Å². The van der Waals surface area contributed by atoms with Gasteiger partial charge in [-0.2, -0.15) is 0 Å². The van der Waals surface area contributed by atoms with Crippen molar-refractivity contribution in [3.05, 3.63) is 59.1 Å². The van der Waals surface area contributed by atoms with Crippen molar-refractivity contribution in [1.29, 1.82) is 5.41 Å². The number of carbonyl (C=O) groups is 1. The van der Waals surface area contributed by atoms with Crippen LogP contribution < -0.4 is 9.64 Å². The van der Waals surface area contributed by atoms with Gasteiger partial charge in [-0.1, -0.05) is 6.07 Å². The molecule has 0 fully saturated rings. The summed E-state index contributed by atoms with van der Waals surface area (Å²) in [6.07, 6.45) is 2.73. The number of aliphatic hydroxyl groups is 1. The minimum absolute atomic E-state index is 0.0419. The molecule has 3 rings (SSSR count). The van der Waals surface area contributed by atoms with Crippen LogP contribution in [0.5, 0.6) is 5.75 Å². The quantitative estimate of drug-likeness (QED) is 0.621. The lowest BCUT2D eigenvalue weighted by Gasteiger charge is -2.30. The highest BCUT2D eigenvalue weighted by Crippen LogP contribution is 2.38. The number of benzene rings is 1. The van der Waals surface area contributed by atoms with Gasteiger partial charge in [-0.15, -0.1) is 0 Å². The van der Waals surface area contributed by atoms with Crippen molar-refractivity contribution < 1.29 is 14.6 Å². The van der Waals surface area contributed by atoms with Crippen LogP contribution in [0, 0.1) is 5.41 Å². The Labute approximate surface area is 158 Å². The third-order valence-corrected chi connectivity index (χ3v) is 4.65. The van der Waals surface area contributed by atoms with Gasteiger partial charge in [0.1, 0.15) is 5.75 Å². The van der Waals surface area contributed by atoms with Gasteiger partial charge < -0.3 is 20.2 Å². The number of methoxy groups -OCH3 is 1. The Morgan fingerprint density at radius 2 is 2.07 bits per heavy atom. The fraction of sp³-hybridized carbons (Fsp3) is 0.286. The first-order chi connectivity index (χ1) is 12.9. The Hall–Kier alpha value is -3.15. The molecule has 6 heteroatoms. The predicted octanol–water partition coefficient (Wildman–Crippen LogP) is 3.90. The second-order valence-electron chi connectivity index (χ2n) is 6.57. The SMILES string of the molecule is COc1cc2c(cc1/C(C(C)=N)=C(\C)O)CCC(=O)N2Cc1ccccn1. The molecule has 0 unspecified atom stereocenters. The minimum Gasteiger partial charge on any atom is -0.512 e.